The van der Waals surface area contributed by atoms with E-state index in [4.69, 9.17) is 0 Å². The Balaban J connectivity index is 1.59. The van der Waals surface area contributed by atoms with Gasteiger partial charge in [0.15, 0.2) is 5.78 Å². The molecule has 0 aromatic carbocycles. The fourth-order valence-corrected chi connectivity index (χ4v) is 11.8. The summed E-state index contributed by atoms with van der Waals surface area (Å²) in [5.74, 6) is 0.802. The number of carbonyl (C=O) groups is 1. The molecule has 5 rings (SSSR count). The molecule has 0 amide bonds. The number of hydrogen-bond acceptors (Lipinski definition) is 4. The van der Waals surface area contributed by atoms with E-state index < -0.39 is 15.6 Å². The van der Waals surface area contributed by atoms with Crippen molar-refractivity contribution in [2.24, 2.45) is 44.8 Å². The maximum absolute atomic E-state index is 14.3. The minimum absolute atomic E-state index is 0.0299. The summed E-state index contributed by atoms with van der Waals surface area (Å²) in [6.45, 7) is 16.0. The Hall–Kier alpha value is -0.720. The molecule has 0 unspecified atom stereocenters. The van der Waals surface area contributed by atoms with Crippen LogP contribution in [0.5, 0.6) is 0 Å². The van der Waals surface area contributed by atoms with Gasteiger partial charge in [-0.3, -0.25) is 4.79 Å². The van der Waals surface area contributed by atoms with E-state index in [1.54, 1.807) is 0 Å². The Morgan fingerprint density at radius 2 is 1.56 bits per heavy atom. The van der Waals surface area contributed by atoms with Gasteiger partial charge >= 0.3 is 0 Å². The van der Waals surface area contributed by atoms with Crippen molar-refractivity contribution in [3.05, 3.63) is 11.6 Å². The van der Waals surface area contributed by atoms with Gasteiger partial charge in [-0.15, -0.1) is 0 Å². The van der Waals surface area contributed by atoms with Crippen LogP contribution in [0.2, 0.25) is 0 Å². The minimum Gasteiger partial charge on any atom is -0.393 e. The lowest BCUT2D eigenvalue weighted by molar-refractivity contribution is -0.201. The highest BCUT2D eigenvalue weighted by molar-refractivity contribution is 7.88. The number of fused-ring (bicyclic) bond motifs is 7. The van der Waals surface area contributed by atoms with Crippen LogP contribution in [0, 0.1) is 44.8 Å². The summed E-state index contributed by atoms with van der Waals surface area (Å²) in [4.78, 5) is 14.3. The molecule has 0 bridgehead atoms. The summed E-state index contributed by atoms with van der Waals surface area (Å²) in [6.07, 6.45) is 11.5. The monoisotopic (exact) mass is 519 g/mol. The number of sulfonamides is 1. The number of ketones is 1. The maximum Gasteiger partial charge on any atom is 0.209 e. The number of aliphatic hydroxyl groups is 1. The van der Waals surface area contributed by atoms with E-state index >= 15 is 0 Å². The Bertz CT molecular complexity index is 1110. The van der Waals surface area contributed by atoms with Crippen LogP contribution in [0.3, 0.4) is 0 Å². The van der Waals surface area contributed by atoms with Crippen LogP contribution in [-0.2, 0) is 14.8 Å². The number of rotatable bonds is 2. The lowest BCUT2D eigenvalue weighted by Crippen LogP contribution is -2.67. The summed E-state index contributed by atoms with van der Waals surface area (Å²) in [7, 11) is -3.32. The second-order valence-electron chi connectivity index (χ2n) is 15.5. The highest BCUT2D eigenvalue weighted by Gasteiger charge is 2.70. The molecule has 9 atom stereocenters. The number of carbonyl (C=O) groups excluding carboxylic acids is 1. The van der Waals surface area contributed by atoms with Crippen molar-refractivity contribution >= 4 is 15.8 Å². The van der Waals surface area contributed by atoms with Crippen LogP contribution >= 0.6 is 0 Å². The van der Waals surface area contributed by atoms with E-state index in [2.05, 4.69) is 53.2 Å². The van der Waals surface area contributed by atoms with E-state index in [1.807, 2.05) is 6.08 Å². The number of hydrogen-bond donors (Lipinski definition) is 2. The zero-order chi connectivity index (χ0) is 26.7. The van der Waals surface area contributed by atoms with Gasteiger partial charge in [-0.25, -0.2) is 13.1 Å². The first-order chi connectivity index (χ1) is 16.3. The SMILES string of the molecule is CC1(C)[C@@H](O)CC[C@]2(C)[C@H]3C(=O)C=C4[C@@H]5C[C@@](C)(NS(C)(=O)=O)CC[C@]5(C)CC[C@@]4(C)[C@]3(C)CC[C@@H]12. The molecule has 36 heavy (non-hydrogen) atoms. The first-order valence-electron chi connectivity index (χ1n) is 14.2. The molecule has 0 heterocycles. The van der Waals surface area contributed by atoms with Gasteiger partial charge in [0.25, 0.3) is 0 Å². The Morgan fingerprint density at radius 3 is 2.19 bits per heavy atom. The second-order valence-corrected chi connectivity index (χ2v) is 17.3. The third kappa shape index (κ3) is 3.52. The van der Waals surface area contributed by atoms with Gasteiger partial charge in [0, 0.05) is 11.5 Å². The van der Waals surface area contributed by atoms with E-state index in [-0.39, 0.29) is 50.8 Å². The Morgan fingerprint density at radius 1 is 0.917 bits per heavy atom. The fraction of sp³-hybridized carbons (Fsp3) is 0.900. The van der Waals surface area contributed by atoms with E-state index in [9.17, 15) is 18.3 Å². The molecule has 0 radical (unpaired) electrons. The fourth-order valence-electron chi connectivity index (χ4n) is 10.7. The quantitative estimate of drug-likeness (QED) is 0.495. The molecule has 4 saturated carbocycles. The normalized spacial score (nSPS) is 52.4. The van der Waals surface area contributed by atoms with Gasteiger partial charge in [-0.2, -0.15) is 0 Å². The summed E-state index contributed by atoms with van der Waals surface area (Å²) in [5, 5.41) is 10.9. The average Bonchev–Trinajstić information content (AvgIpc) is 2.72. The van der Waals surface area contributed by atoms with E-state index in [1.165, 1.54) is 11.8 Å². The van der Waals surface area contributed by atoms with Crippen LogP contribution in [0.15, 0.2) is 11.6 Å². The predicted octanol–water partition coefficient (Wildman–Crippen LogP) is 5.63. The van der Waals surface area contributed by atoms with Crippen LogP contribution in [0.1, 0.15) is 106 Å². The molecule has 5 aliphatic rings. The van der Waals surface area contributed by atoms with Gasteiger partial charge in [0.05, 0.1) is 12.4 Å². The molecule has 2 N–H and O–H groups in total. The topological polar surface area (TPSA) is 83.5 Å². The molecule has 5 nitrogen and oxygen atoms in total. The van der Waals surface area contributed by atoms with Gasteiger partial charge in [0.2, 0.25) is 10.0 Å². The molecule has 0 aromatic heterocycles. The predicted molar refractivity (Wildman–Crippen MR) is 144 cm³/mol. The zero-order valence-electron chi connectivity index (χ0n) is 23.8. The van der Waals surface area contributed by atoms with Crippen molar-refractivity contribution < 1.29 is 18.3 Å². The second kappa shape index (κ2) is 7.69. The summed E-state index contributed by atoms with van der Waals surface area (Å²) in [6, 6.07) is 0. The molecular formula is C30H49NO4S. The molecule has 204 valence electrons. The smallest absolute Gasteiger partial charge is 0.209 e. The van der Waals surface area contributed by atoms with Gasteiger partial charge in [-0.05, 0) is 110 Å². The molecule has 0 aromatic rings. The first-order valence-corrected chi connectivity index (χ1v) is 16.1. The molecule has 0 spiro atoms. The van der Waals surface area contributed by atoms with Crippen LogP contribution in [0.4, 0.5) is 0 Å². The van der Waals surface area contributed by atoms with Crippen molar-refractivity contribution in [2.75, 3.05) is 6.26 Å². The van der Waals surface area contributed by atoms with E-state index in [0.29, 0.717) is 5.92 Å². The van der Waals surface area contributed by atoms with Crippen molar-refractivity contribution in [1.82, 2.24) is 4.72 Å². The van der Waals surface area contributed by atoms with Gasteiger partial charge in [0.1, 0.15) is 0 Å². The Kier molecular flexibility index (Phi) is 5.74. The molecule has 6 heteroatoms. The lowest BCUT2D eigenvalue weighted by Gasteiger charge is -2.70. The maximum atomic E-state index is 14.3. The zero-order valence-corrected chi connectivity index (χ0v) is 24.6. The minimum atomic E-state index is -3.32. The molecule has 4 fully saturated rings. The van der Waals surface area contributed by atoms with Gasteiger partial charge < -0.3 is 5.11 Å². The van der Waals surface area contributed by atoms with Crippen molar-refractivity contribution in [3.8, 4) is 0 Å². The molecular weight excluding hydrogens is 470 g/mol. The molecule has 0 aliphatic heterocycles. The van der Waals surface area contributed by atoms with Crippen molar-refractivity contribution in [3.63, 3.8) is 0 Å². The number of allylic oxidation sites excluding steroid dienone is 2. The summed E-state index contributed by atoms with van der Waals surface area (Å²) >= 11 is 0. The standard InChI is InChI=1S/C30H49NO4S/c1-25(2)22-9-12-30(7)24(28(22,5)11-10-23(25)33)21(32)17-19-20-18-27(4,31-36(8,34)35)15-13-26(20,3)14-16-29(19,30)6/h17,20,22-24,31,33H,9-16,18H2,1-8H3/t20-,22-,23-,24+,26+,27-,28-,29+,30+/m0/s1. The van der Waals surface area contributed by atoms with Crippen molar-refractivity contribution in [2.45, 2.75) is 118 Å². The lowest BCUT2D eigenvalue weighted by atomic mass is 9.33. The van der Waals surface area contributed by atoms with Crippen molar-refractivity contribution in [1.29, 1.82) is 0 Å². The number of nitrogens with one attached hydrogen (secondary N) is 1. The summed E-state index contributed by atoms with van der Waals surface area (Å²) < 4.78 is 27.4. The van der Waals surface area contributed by atoms with Gasteiger partial charge in [-0.1, -0.05) is 47.1 Å². The third-order valence-corrected chi connectivity index (χ3v) is 13.8. The Labute approximate surface area is 219 Å². The van der Waals surface area contributed by atoms with Crippen LogP contribution in [-0.4, -0.2) is 37.2 Å². The third-order valence-electron chi connectivity index (χ3n) is 13.0. The largest absolute Gasteiger partial charge is 0.393 e. The first kappa shape index (κ1) is 26.9. The number of aliphatic hydroxyl groups excluding tert-OH is 1. The summed E-state index contributed by atoms with van der Waals surface area (Å²) in [5.41, 5.74) is 0.421. The van der Waals surface area contributed by atoms with E-state index in [0.717, 1.165) is 57.8 Å². The average molecular weight is 520 g/mol. The molecule has 0 saturated heterocycles. The van der Waals surface area contributed by atoms with Crippen LogP contribution in [0.25, 0.3) is 0 Å². The van der Waals surface area contributed by atoms with Crippen LogP contribution < -0.4 is 4.72 Å². The highest BCUT2D eigenvalue weighted by Crippen LogP contribution is 2.74. The molecule has 5 aliphatic carbocycles. The highest BCUT2D eigenvalue weighted by atomic mass is 32.2.